The number of aromatic nitrogens is 1. The van der Waals surface area contributed by atoms with Crippen LogP contribution in [0, 0.1) is 0 Å². The van der Waals surface area contributed by atoms with Crippen LogP contribution < -0.4 is 5.32 Å². The Kier molecular flexibility index (Phi) is 6.82. The molecule has 0 radical (unpaired) electrons. The molecule has 0 aromatic carbocycles. The maximum Gasteiger partial charge on any atom is 0.0729 e. The molecule has 17 heavy (non-hydrogen) atoms. The maximum absolute atomic E-state index is 5.79. The summed E-state index contributed by atoms with van der Waals surface area (Å²) in [5.41, 5.74) is 1.12. The van der Waals surface area contributed by atoms with Crippen molar-refractivity contribution in [1.29, 1.82) is 0 Å². The highest BCUT2D eigenvalue weighted by Gasteiger charge is 2.20. The van der Waals surface area contributed by atoms with Gasteiger partial charge in [-0.2, -0.15) is 0 Å². The second-order valence-corrected chi connectivity index (χ2v) is 4.09. The summed E-state index contributed by atoms with van der Waals surface area (Å²) in [5, 5.41) is 3.50. The van der Waals surface area contributed by atoms with Gasteiger partial charge in [-0.05, 0) is 32.0 Å². The van der Waals surface area contributed by atoms with Crippen molar-refractivity contribution in [2.24, 2.45) is 0 Å². The predicted molar refractivity (Wildman–Crippen MR) is 71.1 cm³/mol. The Hall–Kier alpha value is -0.930. The van der Waals surface area contributed by atoms with E-state index in [1.54, 1.807) is 0 Å². The molecule has 0 saturated heterocycles. The van der Waals surface area contributed by atoms with Crippen LogP contribution in [0.5, 0.6) is 0 Å². The quantitative estimate of drug-likeness (QED) is 0.752. The van der Waals surface area contributed by atoms with Crippen molar-refractivity contribution in [2.75, 3.05) is 13.2 Å². The summed E-state index contributed by atoms with van der Waals surface area (Å²) in [5.74, 6) is 0. The Morgan fingerprint density at radius 3 is 2.65 bits per heavy atom. The van der Waals surface area contributed by atoms with E-state index in [4.69, 9.17) is 4.74 Å². The fraction of sp³-hybridized carbons (Fsp3) is 0.643. The molecule has 3 nitrogen and oxygen atoms in total. The van der Waals surface area contributed by atoms with Crippen molar-refractivity contribution >= 4 is 0 Å². The molecule has 2 unspecified atom stereocenters. The van der Waals surface area contributed by atoms with Gasteiger partial charge in [0.25, 0.3) is 0 Å². The van der Waals surface area contributed by atoms with Crippen molar-refractivity contribution in [3.05, 3.63) is 30.1 Å². The Morgan fingerprint density at radius 1 is 1.29 bits per heavy atom. The number of nitrogens with zero attached hydrogens (tertiary/aromatic N) is 1. The van der Waals surface area contributed by atoms with E-state index in [2.05, 4.69) is 30.2 Å². The van der Waals surface area contributed by atoms with Crippen molar-refractivity contribution < 1.29 is 4.74 Å². The molecule has 0 aliphatic rings. The molecule has 1 aromatic rings. The highest BCUT2D eigenvalue weighted by Crippen LogP contribution is 2.10. The second kappa shape index (κ2) is 8.20. The summed E-state index contributed by atoms with van der Waals surface area (Å²) >= 11 is 0. The molecule has 1 rings (SSSR count). The monoisotopic (exact) mass is 236 g/mol. The first kappa shape index (κ1) is 14.1. The van der Waals surface area contributed by atoms with Crippen LogP contribution in [0.1, 0.15) is 32.9 Å². The lowest BCUT2D eigenvalue weighted by Crippen LogP contribution is -2.43. The molecule has 0 saturated carbocycles. The van der Waals surface area contributed by atoms with Crippen LogP contribution in [-0.2, 0) is 11.2 Å². The topological polar surface area (TPSA) is 34.2 Å². The number of rotatable bonds is 8. The zero-order valence-corrected chi connectivity index (χ0v) is 11.1. The number of hydrogen-bond donors (Lipinski definition) is 1. The highest BCUT2D eigenvalue weighted by atomic mass is 16.5. The van der Waals surface area contributed by atoms with E-state index in [1.165, 1.54) is 0 Å². The summed E-state index contributed by atoms with van der Waals surface area (Å²) < 4.78 is 5.79. The molecule has 1 heterocycles. The third-order valence-electron chi connectivity index (χ3n) is 2.85. The number of likely N-dealkylation sites (N-methyl/N-ethyl adjacent to an activating group) is 1. The minimum atomic E-state index is 0.266. The molecular formula is C14H24N2O. The molecule has 3 heteroatoms. The van der Waals surface area contributed by atoms with E-state index >= 15 is 0 Å². The smallest absolute Gasteiger partial charge is 0.0729 e. The van der Waals surface area contributed by atoms with Gasteiger partial charge in [-0.1, -0.05) is 19.9 Å². The van der Waals surface area contributed by atoms with Crippen LogP contribution in [0.4, 0.5) is 0 Å². The van der Waals surface area contributed by atoms with Crippen LogP contribution in [0.3, 0.4) is 0 Å². The van der Waals surface area contributed by atoms with Crippen LogP contribution in [0.25, 0.3) is 0 Å². The molecule has 1 aromatic heterocycles. The van der Waals surface area contributed by atoms with Crippen LogP contribution in [0.15, 0.2) is 24.4 Å². The van der Waals surface area contributed by atoms with E-state index in [0.717, 1.165) is 31.7 Å². The predicted octanol–water partition coefficient (Wildman–Crippen LogP) is 2.42. The molecule has 0 spiro atoms. The van der Waals surface area contributed by atoms with E-state index in [9.17, 15) is 0 Å². The zero-order valence-electron chi connectivity index (χ0n) is 11.1. The summed E-state index contributed by atoms with van der Waals surface area (Å²) in [6.45, 7) is 8.07. The summed E-state index contributed by atoms with van der Waals surface area (Å²) in [7, 11) is 0. The fourth-order valence-electron chi connectivity index (χ4n) is 2.07. The van der Waals surface area contributed by atoms with Gasteiger partial charge in [0.1, 0.15) is 0 Å². The minimum absolute atomic E-state index is 0.266. The standard InChI is InChI=1S/C14H24N2O/c1-4-14(17-6-3)13(15-5-2)11-12-9-7-8-10-16-12/h7-10,13-15H,4-6,11H2,1-3H3. The van der Waals surface area contributed by atoms with Gasteiger partial charge in [-0.15, -0.1) is 0 Å². The van der Waals surface area contributed by atoms with Crippen molar-refractivity contribution in [1.82, 2.24) is 10.3 Å². The van der Waals surface area contributed by atoms with E-state index in [0.29, 0.717) is 6.04 Å². The first-order chi connectivity index (χ1) is 8.31. The first-order valence-electron chi connectivity index (χ1n) is 6.56. The molecule has 0 fully saturated rings. The zero-order chi connectivity index (χ0) is 12.5. The third-order valence-corrected chi connectivity index (χ3v) is 2.85. The van der Waals surface area contributed by atoms with Crippen LogP contribution in [-0.4, -0.2) is 30.3 Å². The van der Waals surface area contributed by atoms with Gasteiger partial charge in [0.15, 0.2) is 0 Å². The van der Waals surface area contributed by atoms with Crippen molar-refractivity contribution in [3.8, 4) is 0 Å². The van der Waals surface area contributed by atoms with Gasteiger partial charge < -0.3 is 10.1 Å². The molecule has 0 amide bonds. The fourth-order valence-corrected chi connectivity index (χ4v) is 2.07. The Morgan fingerprint density at radius 2 is 2.12 bits per heavy atom. The van der Waals surface area contributed by atoms with Crippen molar-refractivity contribution in [2.45, 2.75) is 45.8 Å². The normalized spacial score (nSPS) is 14.5. The summed E-state index contributed by atoms with van der Waals surface area (Å²) in [4.78, 5) is 4.38. The van der Waals surface area contributed by atoms with Gasteiger partial charge in [0, 0.05) is 31.0 Å². The lowest BCUT2D eigenvalue weighted by Gasteiger charge is -2.26. The molecule has 0 aliphatic heterocycles. The van der Waals surface area contributed by atoms with Crippen LogP contribution >= 0.6 is 0 Å². The molecule has 2 atom stereocenters. The number of nitrogens with one attached hydrogen (secondary N) is 1. The average Bonchev–Trinajstić information content (AvgIpc) is 2.37. The van der Waals surface area contributed by atoms with Gasteiger partial charge in [-0.3, -0.25) is 4.98 Å². The minimum Gasteiger partial charge on any atom is -0.377 e. The Balaban J connectivity index is 2.64. The summed E-state index contributed by atoms with van der Waals surface area (Å²) in [6.07, 6.45) is 4.06. The van der Waals surface area contributed by atoms with E-state index in [-0.39, 0.29) is 6.10 Å². The number of hydrogen-bond acceptors (Lipinski definition) is 3. The molecule has 96 valence electrons. The maximum atomic E-state index is 5.79. The van der Waals surface area contributed by atoms with Crippen molar-refractivity contribution in [3.63, 3.8) is 0 Å². The average molecular weight is 236 g/mol. The lowest BCUT2D eigenvalue weighted by molar-refractivity contribution is 0.0321. The third kappa shape index (κ3) is 4.84. The molecule has 0 aliphatic carbocycles. The largest absolute Gasteiger partial charge is 0.377 e. The Bertz CT molecular complexity index is 290. The molecule has 0 bridgehead atoms. The highest BCUT2D eigenvalue weighted by molar-refractivity contribution is 5.06. The second-order valence-electron chi connectivity index (χ2n) is 4.09. The first-order valence-corrected chi connectivity index (χ1v) is 6.56. The van der Waals surface area contributed by atoms with E-state index in [1.807, 2.05) is 25.3 Å². The van der Waals surface area contributed by atoms with Gasteiger partial charge in [0.2, 0.25) is 0 Å². The number of pyridine rings is 1. The van der Waals surface area contributed by atoms with Crippen LogP contribution in [0.2, 0.25) is 0 Å². The SMILES string of the molecule is CCNC(Cc1ccccn1)C(CC)OCC. The summed E-state index contributed by atoms with van der Waals surface area (Å²) in [6, 6.07) is 6.40. The van der Waals surface area contributed by atoms with Gasteiger partial charge >= 0.3 is 0 Å². The van der Waals surface area contributed by atoms with Gasteiger partial charge in [-0.25, -0.2) is 0 Å². The van der Waals surface area contributed by atoms with E-state index < -0.39 is 0 Å². The number of ether oxygens (including phenoxy) is 1. The molecule has 1 N–H and O–H groups in total. The lowest BCUT2D eigenvalue weighted by atomic mass is 10.0. The molecular weight excluding hydrogens is 212 g/mol. The Labute approximate surface area is 105 Å². The van der Waals surface area contributed by atoms with Gasteiger partial charge in [0.05, 0.1) is 6.10 Å².